The number of benzene rings is 1. The maximum Gasteiger partial charge on any atom is 0.0456 e. The average molecular weight is 300 g/mol. The van der Waals surface area contributed by atoms with Gasteiger partial charge in [0, 0.05) is 28.0 Å². The SMILES string of the molecule is CC1C=CSN1[C@H]1CC[C@H]1c1ccc(Cl)cc1Cl. The number of rotatable bonds is 2. The Bertz CT molecular complexity index is 489. The lowest BCUT2D eigenvalue weighted by molar-refractivity contribution is 0.184. The predicted octanol–water partition coefficient (Wildman–Crippen LogP) is 5.11. The Hall–Kier alpha value is -0.150. The first-order valence-corrected chi connectivity index (χ1v) is 7.83. The van der Waals surface area contributed by atoms with Crippen LogP contribution in [0.4, 0.5) is 0 Å². The van der Waals surface area contributed by atoms with Crippen LogP contribution in [0.1, 0.15) is 31.2 Å². The van der Waals surface area contributed by atoms with Crippen molar-refractivity contribution in [3.63, 3.8) is 0 Å². The van der Waals surface area contributed by atoms with E-state index in [0.717, 1.165) is 5.02 Å². The van der Waals surface area contributed by atoms with Gasteiger partial charge >= 0.3 is 0 Å². The molecule has 3 atom stereocenters. The van der Waals surface area contributed by atoms with Crippen molar-refractivity contribution >= 4 is 35.1 Å². The summed E-state index contributed by atoms with van der Waals surface area (Å²) in [5, 5.41) is 3.70. The minimum atomic E-state index is 0.522. The van der Waals surface area contributed by atoms with Crippen LogP contribution in [0.25, 0.3) is 0 Å². The third-order valence-electron chi connectivity index (χ3n) is 3.87. The monoisotopic (exact) mass is 299 g/mol. The van der Waals surface area contributed by atoms with Crippen LogP contribution in [0.15, 0.2) is 29.7 Å². The van der Waals surface area contributed by atoms with Crippen LogP contribution < -0.4 is 0 Å². The average Bonchev–Trinajstić information content (AvgIpc) is 2.67. The fourth-order valence-corrected chi connectivity index (χ4v) is 4.39. The lowest BCUT2D eigenvalue weighted by Crippen LogP contribution is -2.44. The topological polar surface area (TPSA) is 3.24 Å². The molecule has 1 heterocycles. The second-order valence-corrected chi connectivity index (χ2v) is 6.70. The molecule has 1 aliphatic carbocycles. The van der Waals surface area contributed by atoms with Crippen molar-refractivity contribution in [3.05, 3.63) is 45.3 Å². The highest BCUT2D eigenvalue weighted by molar-refractivity contribution is 8.00. The van der Waals surface area contributed by atoms with Crippen LogP contribution in [-0.4, -0.2) is 16.4 Å². The van der Waals surface area contributed by atoms with Gasteiger partial charge in [-0.2, -0.15) is 0 Å². The molecule has 2 aliphatic rings. The van der Waals surface area contributed by atoms with E-state index >= 15 is 0 Å². The normalized spacial score (nSPS) is 31.6. The van der Waals surface area contributed by atoms with Gasteiger partial charge in [0.2, 0.25) is 0 Å². The fourth-order valence-electron chi connectivity index (χ4n) is 2.73. The number of nitrogens with zero attached hydrogens (tertiary/aromatic N) is 1. The van der Waals surface area contributed by atoms with Gasteiger partial charge in [-0.3, -0.25) is 0 Å². The molecule has 0 radical (unpaired) electrons. The molecule has 0 spiro atoms. The van der Waals surface area contributed by atoms with E-state index in [2.05, 4.69) is 28.8 Å². The van der Waals surface area contributed by atoms with E-state index in [1.54, 1.807) is 0 Å². The summed E-state index contributed by atoms with van der Waals surface area (Å²) in [7, 11) is 0. The van der Waals surface area contributed by atoms with E-state index in [-0.39, 0.29) is 0 Å². The summed E-state index contributed by atoms with van der Waals surface area (Å²) >= 11 is 14.1. The minimum absolute atomic E-state index is 0.522. The minimum Gasteiger partial charge on any atom is -0.237 e. The molecule has 0 N–H and O–H groups in total. The molecule has 1 saturated carbocycles. The smallest absolute Gasteiger partial charge is 0.0456 e. The Balaban J connectivity index is 1.81. The summed E-state index contributed by atoms with van der Waals surface area (Å²) in [5.74, 6) is 0.546. The molecule has 4 heteroatoms. The third kappa shape index (κ3) is 2.20. The number of hydrogen-bond acceptors (Lipinski definition) is 2. The lowest BCUT2D eigenvalue weighted by Gasteiger charge is -2.44. The van der Waals surface area contributed by atoms with E-state index in [9.17, 15) is 0 Å². The highest BCUT2D eigenvalue weighted by atomic mass is 35.5. The zero-order chi connectivity index (χ0) is 12.7. The molecular formula is C14H15Cl2NS. The number of halogens is 2. The fraction of sp³-hybridized carbons (Fsp3) is 0.429. The van der Waals surface area contributed by atoms with E-state index in [1.807, 2.05) is 24.1 Å². The third-order valence-corrected chi connectivity index (χ3v) is 5.56. The van der Waals surface area contributed by atoms with Gasteiger partial charge in [-0.25, -0.2) is 4.31 Å². The first-order chi connectivity index (χ1) is 8.66. The van der Waals surface area contributed by atoms with Gasteiger partial charge in [-0.05, 0) is 54.8 Å². The zero-order valence-electron chi connectivity index (χ0n) is 10.1. The van der Waals surface area contributed by atoms with Gasteiger partial charge in [-0.15, -0.1) is 0 Å². The summed E-state index contributed by atoms with van der Waals surface area (Å²) in [4.78, 5) is 0. The predicted molar refractivity (Wildman–Crippen MR) is 80.3 cm³/mol. The Kier molecular flexibility index (Phi) is 3.63. The van der Waals surface area contributed by atoms with Gasteiger partial charge in [-0.1, -0.05) is 35.3 Å². The molecule has 1 aliphatic heterocycles. The molecular weight excluding hydrogens is 285 g/mol. The van der Waals surface area contributed by atoms with Crippen molar-refractivity contribution in [3.8, 4) is 0 Å². The van der Waals surface area contributed by atoms with Crippen LogP contribution in [0, 0.1) is 0 Å². The molecule has 0 saturated heterocycles. The highest BCUT2D eigenvalue weighted by Crippen LogP contribution is 2.47. The van der Waals surface area contributed by atoms with Crippen LogP contribution >= 0.6 is 35.1 Å². The van der Waals surface area contributed by atoms with Gasteiger partial charge in [0.1, 0.15) is 0 Å². The molecule has 1 fully saturated rings. The van der Waals surface area contributed by atoms with Crippen LogP contribution in [0.3, 0.4) is 0 Å². The Morgan fingerprint density at radius 3 is 2.67 bits per heavy atom. The molecule has 18 heavy (non-hydrogen) atoms. The Morgan fingerprint density at radius 1 is 1.28 bits per heavy atom. The second-order valence-electron chi connectivity index (χ2n) is 4.95. The second kappa shape index (κ2) is 5.09. The van der Waals surface area contributed by atoms with Crippen molar-refractivity contribution in [1.29, 1.82) is 0 Å². The molecule has 0 bridgehead atoms. The quantitative estimate of drug-likeness (QED) is 0.699. The van der Waals surface area contributed by atoms with Gasteiger partial charge in [0.25, 0.3) is 0 Å². The summed E-state index contributed by atoms with van der Waals surface area (Å²) in [6, 6.07) is 7.00. The van der Waals surface area contributed by atoms with Crippen LogP contribution in [0.5, 0.6) is 0 Å². The van der Waals surface area contributed by atoms with E-state index in [0.29, 0.717) is 23.0 Å². The summed E-state index contributed by atoms with van der Waals surface area (Å²) < 4.78 is 2.49. The standard InChI is InChI=1S/C14H15Cl2NS/c1-9-6-7-18-17(9)14-5-4-12(14)11-3-2-10(15)8-13(11)16/h2-3,6-9,12,14H,4-5H2,1H3/t9?,12-,14-/m0/s1. The Morgan fingerprint density at radius 2 is 2.11 bits per heavy atom. The van der Waals surface area contributed by atoms with Crippen LogP contribution in [0.2, 0.25) is 10.0 Å². The Labute approximate surface area is 122 Å². The largest absolute Gasteiger partial charge is 0.237 e. The summed E-state index contributed by atoms with van der Waals surface area (Å²) in [6.45, 7) is 2.25. The maximum absolute atomic E-state index is 6.32. The highest BCUT2D eigenvalue weighted by Gasteiger charge is 2.40. The van der Waals surface area contributed by atoms with Crippen molar-refractivity contribution in [2.75, 3.05) is 0 Å². The van der Waals surface area contributed by atoms with Crippen molar-refractivity contribution in [1.82, 2.24) is 4.31 Å². The van der Waals surface area contributed by atoms with Gasteiger partial charge in [0.15, 0.2) is 0 Å². The summed E-state index contributed by atoms with van der Waals surface area (Å²) in [6.07, 6.45) is 4.72. The lowest BCUT2D eigenvalue weighted by atomic mass is 9.74. The summed E-state index contributed by atoms with van der Waals surface area (Å²) in [5.41, 5.74) is 1.25. The van der Waals surface area contributed by atoms with Crippen molar-refractivity contribution in [2.45, 2.75) is 37.8 Å². The molecule has 0 aromatic heterocycles. The molecule has 96 valence electrons. The van der Waals surface area contributed by atoms with Gasteiger partial charge in [0.05, 0.1) is 0 Å². The molecule has 0 amide bonds. The first-order valence-electron chi connectivity index (χ1n) is 6.23. The number of hydrogen-bond donors (Lipinski definition) is 0. The molecule has 1 nitrogen and oxygen atoms in total. The first kappa shape index (κ1) is 12.9. The van der Waals surface area contributed by atoms with Crippen molar-refractivity contribution in [2.24, 2.45) is 0 Å². The van der Waals surface area contributed by atoms with Crippen molar-refractivity contribution < 1.29 is 0 Å². The van der Waals surface area contributed by atoms with E-state index < -0.39 is 0 Å². The van der Waals surface area contributed by atoms with E-state index in [1.165, 1.54) is 18.4 Å². The zero-order valence-corrected chi connectivity index (χ0v) is 12.5. The molecule has 3 rings (SSSR count). The maximum atomic E-state index is 6.32. The molecule has 1 aromatic carbocycles. The van der Waals surface area contributed by atoms with E-state index in [4.69, 9.17) is 23.2 Å². The molecule has 1 aromatic rings. The molecule has 1 unspecified atom stereocenters. The van der Waals surface area contributed by atoms with Crippen LogP contribution in [-0.2, 0) is 0 Å². The van der Waals surface area contributed by atoms with Gasteiger partial charge < -0.3 is 0 Å².